The summed E-state index contributed by atoms with van der Waals surface area (Å²) in [4.78, 5) is 41.7. The summed E-state index contributed by atoms with van der Waals surface area (Å²) in [5, 5.41) is 13.7. The van der Waals surface area contributed by atoms with Gasteiger partial charge in [0.1, 0.15) is 42.3 Å². The molecule has 0 bridgehead atoms. The molecule has 12 heteroatoms. The third-order valence-electron chi connectivity index (χ3n) is 6.70. The molecule has 3 atom stereocenters. The third-order valence-corrected chi connectivity index (χ3v) is 6.70. The van der Waals surface area contributed by atoms with Gasteiger partial charge in [-0.25, -0.2) is 9.59 Å². The maximum Gasteiger partial charge on any atom is 0.408 e. The number of nitrogens with one attached hydrogen (secondary N) is 1. The number of aliphatic hydroxyl groups is 1. The Bertz CT molecular complexity index is 1240. The van der Waals surface area contributed by atoms with Crippen LogP contribution in [-0.4, -0.2) is 83.4 Å². The van der Waals surface area contributed by atoms with E-state index in [0.717, 1.165) is 24.8 Å². The molecule has 1 aromatic carbocycles. The average Bonchev–Trinajstić information content (AvgIpc) is 2.96. The summed E-state index contributed by atoms with van der Waals surface area (Å²) in [6.07, 6.45) is 1.48. The Kier molecular flexibility index (Phi) is 13.0. The van der Waals surface area contributed by atoms with E-state index in [4.69, 9.17) is 28.4 Å². The summed E-state index contributed by atoms with van der Waals surface area (Å²) in [6, 6.07) is 7.51. The maximum absolute atomic E-state index is 14.3. The van der Waals surface area contributed by atoms with Crippen molar-refractivity contribution in [2.24, 2.45) is 0 Å². The molecule has 3 unspecified atom stereocenters. The first-order valence-electron chi connectivity index (χ1n) is 15.8. The second kappa shape index (κ2) is 16.3. The van der Waals surface area contributed by atoms with Gasteiger partial charge < -0.3 is 43.7 Å². The minimum Gasteiger partial charge on any atom is -0.486 e. The van der Waals surface area contributed by atoms with Crippen LogP contribution in [0.15, 0.2) is 53.7 Å². The SMILES string of the molecule is CC(C)N(CC(NC(=O)OC(C)(C)C)C(=O)OC(C)(C)C)C(=O)C1=C(OCc2ccccc2)C(O)C=C(COC2CCCCO2)O1. The van der Waals surface area contributed by atoms with Crippen LogP contribution in [0.3, 0.4) is 0 Å². The quantitative estimate of drug-likeness (QED) is 0.307. The largest absolute Gasteiger partial charge is 0.486 e. The molecule has 0 spiro atoms. The third kappa shape index (κ3) is 12.0. The van der Waals surface area contributed by atoms with Gasteiger partial charge in [-0.15, -0.1) is 0 Å². The van der Waals surface area contributed by atoms with Crippen LogP contribution in [-0.2, 0) is 44.6 Å². The molecule has 2 heterocycles. The molecule has 1 saturated heterocycles. The van der Waals surface area contributed by atoms with Crippen molar-refractivity contribution < 1.29 is 47.9 Å². The van der Waals surface area contributed by atoms with Gasteiger partial charge >= 0.3 is 12.1 Å². The molecule has 0 radical (unpaired) electrons. The van der Waals surface area contributed by atoms with Crippen molar-refractivity contribution in [3.8, 4) is 0 Å². The number of carbonyl (C=O) groups is 3. The lowest BCUT2D eigenvalue weighted by Crippen LogP contribution is -2.54. The first-order chi connectivity index (χ1) is 21.5. The summed E-state index contributed by atoms with van der Waals surface area (Å²) in [7, 11) is 0. The van der Waals surface area contributed by atoms with Crippen molar-refractivity contribution in [3.05, 3.63) is 59.2 Å². The van der Waals surface area contributed by atoms with Gasteiger partial charge in [-0.1, -0.05) is 30.3 Å². The van der Waals surface area contributed by atoms with Crippen LogP contribution in [0.4, 0.5) is 4.79 Å². The van der Waals surface area contributed by atoms with Crippen LogP contribution in [0.25, 0.3) is 0 Å². The predicted octanol–water partition coefficient (Wildman–Crippen LogP) is 4.71. The number of rotatable bonds is 12. The van der Waals surface area contributed by atoms with Crippen molar-refractivity contribution in [2.75, 3.05) is 19.8 Å². The minimum atomic E-state index is -1.32. The molecule has 0 aliphatic carbocycles. The van der Waals surface area contributed by atoms with E-state index in [1.807, 2.05) is 30.3 Å². The van der Waals surface area contributed by atoms with E-state index in [-0.39, 0.29) is 37.0 Å². The Labute approximate surface area is 272 Å². The lowest BCUT2D eigenvalue weighted by Gasteiger charge is -2.34. The number of aliphatic hydroxyl groups excluding tert-OH is 1. The monoisotopic (exact) mass is 646 g/mol. The number of hydrogen-bond donors (Lipinski definition) is 2. The zero-order valence-corrected chi connectivity index (χ0v) is 28.3. The van der Waals surface area contributed by atoms with Crippen LogP contribution in [0.5, 0.6) is 0 Å². The van der Waals surface area contributed by atoms with Gasteiger partial charge in [0.25, 0.3) is 5.91 Å². The van der Waals surface area contributed by atoms with Gasteiger partial charge in [-0.2, -0.15) is 0 Å². The molecular formula is C34H50N2O10. The summed E-state index contributed by atoms with van der Waals surface area (Å²) < 4.78 is 34.5. The summed E-state index contributed by atoms with van der Waals surface area (Å²) in [6.45, 7) is 14.0. The molecule has 46 heavy (non-hydrogen) atoms. The number of carbonyl (C=O) groups excluding carboxylic acids is 3. The number of benzene rings is 1. The Balaban J connectivity index is 1.91. The van der Waals surface area contributed by atoms with Crippen LogP contribution in [0.1, 0.15) is 80.2 Å². The average molecular weight is 647 g/mol. The van der Waals surface area contributed by atoms with Crippen molar-refractivity contribution in [1.82, 2.24) is 10.2 Å². The van der Waals surface area contributed by atoms with E-state index in [9.17, 15) is 19.5 Å². The molecule has 12 nitrogen and oxygen atoms in total. The zero-order valence-electron chi connectivity index (χ0n) is 28.3. The summed E-state index contributed by atoms with van der Waals surface area (Å²) in [5.41, 5.74) is -0.878. The number of ether oxygens (including phenoxy) is 6. The van der Waals surface area contributed by atoms with Gasteiger partial charge in [0.05, 0.1) is 6.54 Å². The summed E-state index contributed by atoms with van der Waals surface area (Å²) in [5.74, 6) is -1.57. The van der Waals surface area contributed by atoms with Crippen molar-refractivity contribution in [2.45, 2.75) is 117 Å². The molecule has 3 rings (SSSR count). The molecule has 2 aliphatic rings. The first kappa shape index (κ1) is 36.9. The zero-order chi connectivity index (χ0) is 34.1. The Hall–Kier alpha value is -3.61. The lowest BCUT2D eigenvalue weighted by atomic mass is 10.1. The van der Waals surface area contributed by atoms with Crippen LogP contribution >= 0.6 is 0 Å². The Morgan fingerprint density at radius 3 is 2.26 bits per heavy atom. The molecule has 1 aromatic rings. The highest BCUT2D eigenvalue weighted by molar-refractivity contribution is 5.93. The molecule has 256 valence electrons. The fourth-order valence-corrected chi connectivity index (χ4v) is 4.59. The Morgan fingerprint density at radius 2 is 1.67 bits per heavy atom. The van der Waals surface area contributed by atoms with E-state index in [1.165, 1.54) is 11.0 Å². The van der Waals surface area contributed by atoms with Gasteiger partial charge in [0.15, 0.2) is 12.0 Å². The fourth-order valence-electron chi connectivity index (χ4n) is 4.59. The van der Waals surface area contributed by atoms with E-state index in [2.05, 4.69) is 5.32 Å². The van der Waals surface area contributed by atoms with Gasteiger partial charge in [0, 0.05) is 12.6 Å². The van der Waals surface area contributed by atoms with E-state index >= 15 is 0 Å². The molecule has 1 fully saturated rings. The van der Waals surface area contributed by atoms with E-state index < -0.39 is 53.6 Å². The predicted molar refractivity (Wildman–Crippen MR) is 169 cm³/mol. The second-order valence-electron chi connectivity index (χ2n) is 13.5. The van der Waals surface area contributed by atoms with Crippen molar-refractivity contribution >= 4 is 18.0 Å². The lowest BCUT2D eigenvalue weighted by molar-refractivity contribution is -0.162. The molecule has 2 amide bonds. The Morgan fingerprint density at radius 1 is 1.00 bits per heavy atom. The number of nitrogens with zero attached hydrogens (tertiary/aromatic N) is 1. The number of amides is 2. The van der Waals surface area contributed by atoms with E-state index in [1.54, 1.807) is 55.4 Å². The maximum atomic E-state index is 14.3. The highest BCUT2D eigenvalue weighted by Gasteiger charge is 2.38. The molecule has 0 aromatic heterocycles. The van der Waals surface area contributed by atoms with Crippen molar-refractivity contribution in [3.63, 3.8) is 0 Å². The molecule has 0 saturated carbocycles. The first-order valence-corrected chi connectivity index (χ1v) is 15.8. The van der Waals surface area contributed by atoms with Gasteiger partial charge in [0.2, 0.25) is 5.76 Å². The smallest absolute Gasteiger partial charge is 0.408 e. The molecular weight excluding hydrogens is 596 g/mol. The minimum absolute atomic E-state index is 0.0487. The number of esters is 1. The second-order valence-corrected chi connectivity index (χ2v) is 13.5. The number of hydrogen-bond acceptors (Lipinski definition) is 10. The van der Waals surface area contributed by atoms with E-state index in [0.29, 0.717) is 6.61 Å². The van der Waals surface area contributed by atoms with Crippen LogP contribution < -0.4 is 5.32 Å². The molecule has 2 aliphatic heterocycles. The number of alkyl carbamates (subject to hydrolysis) is 1. The summed E-state index contributed by atoms with van der Waals surface area (Å²) >= 11 is 0. The highest BCUT2D eigenvalue weighted by atomic mass is 16.7. The highest BCUT2D eigenvalue weighted by Crippen LogP contribution is 2.28. The molecule has 2 N–H and O–H groups in total. The van der Waals surface area contributed by atoms with Crippen molar-refractivity contribution in [1.29, 1.82) is 0 Å². The normalized spacial score (nSPS) is 19.5. The van der Waals surface area contributed by atoms with Gasteiger partial charge in [-0.05, 0) is 86.3 Å². The standard InChI is InChI=1S/C34H50N2O10/c1-22(2)36(19-25(31(39)45-33(3,4)5)35-32(40)46-34(6,7)8)30(38)29-28(43-20-23-14-10-9-11-15-23)26(37)18-24(44-29)21-42-27-16-12-13-17-41-27/h9-11,14-15,18,22,25-27,37H,12-13,16-17,19-21H2,1-8H3,(H,35,40). The van der Waals surface area contributed by atoms with Crippen LogP contribution in [0.2, 0.25) is 0 Å². The van der Waals surface area contributed by atoms with Gasteiger partial charge in [-0.3, -0.25) is 4.79 Å². The fraction of sp³-hybridized carbons (Fsp3) is 0.618. The van der Waals surface area contributed by atoms with Crippen LogP contribution in [0, 0.1) is 0 Å². The topological polar surface area (TPSA) is 142 Å².